The van der Waals surface area contributed by atoms with Gasteiger partial charge in [0.05, 0.1) is 26.9 Å². The molecule has 1 aromatic heterocycles. The highest BCUT2D eigenvalue weighted by Crippen LogP contribution is 2.29. The van der Waals surface area contributed by atoms with Crippen LogP contribution in [-0.4, -0.2) is 35.5 Å². The number of benzene rings is 1. The summed E-state index contributed by atoms with van der Waals surface area (Å²) in [5.74, 6) is 2.19. The summed E-state index contributed by atoms with van der Waals surface area (Å²) in [4.78, 5) is 4.35. The van der Waals surface area contributed by atoms with Gasteiger partial charge in [-0.3, -0.25) is 0 Å². The number of nitrogens with zero attached hydrogens (tertiary/aromatic N) is 2. The zero-order chi connectivity index (χ0) is 13.8. The molecule has 102 valence electrons. The molecule has 2 rings (SSSR count). The molecule has 19 heavy (non-hydrogen) atoms. The number of ether oxygens (including phenoxy) is 2. The minimum Gasteiger partial charge on any atom is -0.497 e. The van der Waals surface area contributed by atoms with Gasteiger partial charge in [0, 0.05) is 24.0 Å². The van der Waals surface area contributed by atoms with Crippen LogP contribution in [0.25, 0.3) is 11.4 Å². The van der Waals surface area contributed by atoms with Gasteiger partial charge in [0.25, 0.3) is 0 Å². The second-order valence-electron chi connectivity index (χ2n) is 4.29. The first kappa shape index (κ1) is 13.4. The topological polar surface area (TPSA) is 56.5 Å². The highest BCUT2D eigenvalue weighted by Gasteiger charge is 2.13. The maximum absolute atomic E-state index is 9.28. The second kappa shape index (κ2) is 5.75. The van der Waals surface area contributed by atoms with Crippen molar-refractivity contribution in [3.63, 3.8) is 0 Å². The van der Waals surface area contributed by atoms with E-state index in [4.69, 9.17) is 9.47 Å². The molecule has 5 heteroatoms. The Morgan fingerprint density at radius 1 is 1.21 bits per heavy atom. The molecule has 0 aliphatic rings. The zero-order valence-corrected chi connectivity index (χ0v) is 11.3. The molecule has 5 nitrogen and oxygen atoms in total. The Morgan fingerprint density at radius 3 is 2.37 bits per heavy atom. The van der Waals surface area contributed by atoms with Crippen LogP contribution < -0.4 is 9.47 Å². The summed E-state index contributed by atoms with van der Waals surface area (Å²) in [7, 11) is 3.22. The van der Waals surface area contributed by atoms with Gasteiger partial charge in [0.15, 0.2) is 0 Å². The van der Waals surface area contributed by atoms with E-state index in [1.807, 2.05) is 35.9 Å². The van der Waals surface area contributed by atoms with Crippen LogP contribution in [0.5, 0.6) is 11.5 Å². The average molecular weight is 262 g/mol. The number of methoxy groups -OCH3 is 2. The van der Waals surface area contributed by atoms with Gasteiger partial charge >= 0.3 is 0 Å². The predicted octanol–water partition coefficient (Wildman–Crippen LogP) is 2.12. The lowest BCUT2D eigenvalue weighted by molar-refractivity contribution is 0.240. The van der Waals surface area contributed by atoms with Gasteiger partial charge < -0.3 is 19.1 Å². The Morgan fingerprint density at radius 2 is 1.84 bits per heavy atom. The van der Waals surface area contributed by atoms with Crippen LogP contribution in [-0.2, 0) is 0 Å². The van der Waals surface area contributed by atoms with Crippen LogP contribution in [0.3, 0.4) is 0 Å². The molecule has 1 heterocycles. The van der Waals surface area contributed by atoms with Gasteiger partial charge in [0.2, 0.25) is 0 Å². The first-order valence-corrected chi connectivity index (χ1v) is 6.06. The number of hydrogen-bond acceptors (Lipinski definition) is 4. The SMILES string of the molecule is COc1cc(OC)cc(-c2nccn2[C@@H](C)CO)c1. The molecule has 0 saturated carbocycles. The van der Waals surface area contributed by atoms with Crippen molar-refractivity contribution in [3.05, 3.63) is 30.6 Å². The van der Waals surface area contributed by atoms with E-state index in [0.29, 0.717) is 11.5 Å². The number of hydrogen-bond donors (Lipinski definition) is 1. The first-order chi connectivity index (χ1) is 9.19. The van der Waals surface area contributed by atoms with E-state index >= 15 is 0 Å². The lowest BCUT2D eigenvalue weighted by Crippen LogP contribution is -2.09. The summed E-state index contributed by atoms with van der Waals surface area (Å²) < 4.78 is 12.4. The van der Waals surface area contributed by atoms with Crippen molar-refractivity contribution in [3.8, 4) is 22.9 Å². The van der Waals surface area contributed by atoms with Gasteiger partial charge in [-0.1, -0.05) is 0 Å². The van der Waals surface area contributed by atoms with Gasteiger partial charge in [-0.05, 0) is 19.1 Å². The van der Waals surface area contributed by atoms with E-state index in [9.17, 15) is 5.11 Å². The molecule has 1 N–H and O–H groups in total. The minimum atomic E-state index is -0.0327. The van der Waals surface area contributed by atoms with Crippen molar-refractivity contribution < 1.29 is 14.6 Å². The number of aliphatic hydroxyl groups excluding tert-OH is 1. The van der Waals surface area contributed by atoms with E-state index in [2.05, 4.69) is 4.98 Å². The van der Waals surface area contributed by atoms with Gasteiger partial charge in [0.1, 0.15) is 17.3 Å². The molecule has 0 aliphatic carbocycles. The summed E-state index contributed by atoms with van der Waals surface area (Å²) in [6.45, 7) is 1.99. The summed E-state index contributed by atoms with van der Waals surface area (Å²) in [6.07, 6.45) is 3.57. The van der Waals surface area contributed by atoms with Crippen molar-refractivity contribution in [1.82, 2.24) is 9.55 Å². The molecular weight excluding hydrogens is 244 g/mol. The van der Waals surface area contributed by atoms with Crippen molar-refractivity contribution in [1.29, 1.82) is 0 Å². The third-order valence-corrected chi connectivity index (χ3v) is 3.02. The molecule has 0 amide bonds. The molecule has 2 aromatic rings. The third kappa shape index (κ3) is 2.71. The molecule has 0 bridgehead atoms. The average Bonchev–Trinajstić information content (AvgIpc) is 2.95. The van der Waals surface area contributed by atoms with Crippen molar-refractivity contribution in [2.75, 3.05) is 20.8 Å². The largest absolute Gasteiger partial charge is 0.497 e. The van der Waals surface area contributed by atoms with Crippen LogP contribution >= 0.6 is 0 Å². The molecule has 0 radical (unpaired) electrons. The van der Waals surface area contributed by atoms with Crippen molar-refractivity contribution in [2.45, 2.75) is 13.0 Å². The van der Waals surface area contributed by atoms with Crippen LogP contribution in [0.1, 0.15) is 13.0 Å². The molecule has 0 fully saturated rings. The fourth-order valence-corrected chi connectivity index (χ4v) is 1.92. The standard InChI is InChI=1S/C14H18N2O3/c1-10(9-17)16-5-4-15-14(16)11-6-12(18-2)8-13(7-11)19-3/h4-8,10,17H,9H2,1-3H3/t10-/m0/s1. The second-order valence-corrected chi connectivity index (χ2v) is 4.29. The molecule has 0 spiro atoms. The third-order valence-electron chi connectivity index (χ3n) is 3.02. The van der Waals surface area contributed by atoms with Crippen LogP contribution in [0.15, 0.2) is 30.6 Å². The molecule has 0 unspecified atom stereocenters. The molecular formula is C14H18N2O3. The van der Waals surface area contributed by atoms with E-state index in [-0.39, 0.29) is 12.6 Å². The minimum absolute atomic E-state index is 0.0327. The van der Waals surface area contributed by atoms with Crippen LogP contribution in [0.4, 0.5) is 0 Å². The summed E-state index contributed by atoms with van der Waals surface area (Å²) in [5.41, 5.74) is 0.890. The summed E-state index contributed by atoms with van der Waals surface area (Å²) in [5, 5.41) is 9.28. The Labute approximate surface area is 112 Å². The molecule has 1 aromatic carbocycles. The van der Waals surface area contributed by atoms with E-state index in [0.717, 1.165) is 11.4 Å². The quantitative estimate of drug-likeness (QED) is 0.896. The summed E-state index contributed by atoms with van der Waals surface area (Å²) in [6, 6.07) is 5.57. The van der Waals surface area contributed by atoms with Gasteiger partial charge in [-0.25, -0.2) is 4.98 Å². The molecule has 1 atom stereocenters. The van der Waals surface area contributed by atoms with Crippen LogP contribution in [0, 0.1) is 0 Å². The van der Waals surface area contributed by atoms with E-state index < -0.39 is 0 Å². The normalized spacial score (nSPS) is 12.2. The zero-order valence-electron chi connectivity index (χ0n) is 11.3. The maximum Gasteiger partial charge on any atom is 0.140 e. The van der Waals surface area contributed by atoms with Gasteiger partial charge in [-0.15, -0.1) is 0 Å². The monoisotopic (exact) mass is 262 g/mol. The number of aromatic nitrogens is 2. The van der Waals surface area contributed by atoms with E-state index in [1.54, 1.807) is 20.4 Å². The van der Waals surface area contributed by atoms with Crippen molar-refractivity contribution in [2.24, 2.45) is 0 Å². The first-order valence-electron chi connectivity index (χ1n) is 6.06. The highest BCUT2D eigenvalue weighted by atomic mass is 16.5. The number of imidazole rings is 1. The smallest absolute Gasteiger partial charge is 0.140 e. The van der Waals surface area contributed by atoms with Crippen LogP contribution in [0.2, 0.25) is 0 Å². The Bertz CT molecular complexity index is 529. The lowest BCUT2D eigenvalue weighted by atomic mass is 10.1. The summed E-state index contributed by atoms with van der Waals surface area (Å²) >= 11 is 0. The molecule has 0 saturated heterocycles. The fourth-order valence-electron chi connectivity index (χ4n) is 1.92. The van der Waals surface area contributed by atoms with Crippen molar-refractivity contribution >= 4 is 0 Å². The Hall–Kier alpha value is -2.01. The Balaban J connectivity index is 2.49. The molecule has 0 aliphatic heterocycles. The maximum atomic E-state index is 9.28. The Kier molecular flexibility index (Phi) is 4.06. The van der Waals surface area contributed by atoms with Gasteiger partial charge in [-0.2, -0.15) is 0 Å². The predicted molar refractivity (Wildman–Crippen MR) is 72.6 cm³/mol. The lowest BCUT2D eigenvalue weighted by Gasteiger charge is -2.15. The highest BCUT2D eigenvalue weighted by molar-refractivity contribution is 5.61. The number of rotatable bonds is 5. The number of aliphatic hydroxyl groups is 1. The van der Waals surface area contributed by atoms with E-state index in [1.165, 1.54) is 0 Å². The fraction of sp³-hybridized carbons (Fsp3) is 0.357.